The van der Waals surface area contributed by atoms with Crippen molar-refractivity contribution >= 4 is 40.7 Å². The third-order valence-corrected chi connectivity index (χ3v) is 10.1. The van der Waals surface area contributed by atoms with E-state index in [-0.39, 0.29) is 31.4 Å². The third kappa shape index (κ3) is 11.8. The third-order valence-electron chi connectivity index (χ3n) is 9.25. The summed E-state index contributed by atoms with van der Waals surface area (Å²) < 4.78 is 12.5. The zero-order valence-electron chi connectivity index (χ0n) is 27.8. The van der Waals surface area contributed by atoms with E-state index in [9.17, 15) is 24.6 Å². The molecule has 2 aliphatic carbocycles. The summed E-state index contributed by atoms with van der Waals surface area (Å²) in [6, 6.07) is 2.58. The summed E-state index contributed by atoms with van der Waals surface area (Å²) in [5.74, 6) is 0.687. The topological polar surface area (TPSA) is 125 Å². The van der Waals surface area contributed by atoms with Gasteiger partial charge in [0.05, 0.1) is 23.3 Å². The molecular weight excluding hydrogens is 699 g/mol. The predicted octanol–water partition coefficient (Wildman–Crippen LogP) is 6.36. The minimum atomic E-state index is -1.10. The molecule has 0 radical (unpaired) electrons. The average Bonchev–Trinajstić information content (AvgIpc) is 3.07. The van der Waals surface area contributed by atoms with Crippen LogP contribution >= 0.6 is 22.6 Å². The molecule has 3 unspecified atom stereocenters. The standard InChI is InChI=1S/C36H55IN2O7/c1-3-4-5-6-7-8-9-10-14-17-33(42)39(24-26-15-12-11-13-16-26)30-22-28(36(44)38-18-19-40)23-31(34(30)43)46-35-29(37)20-27(25-41)21-32(35)45-2/h20-21,23,25-26,30-31,34,40,43H,3-19,22,24H2,1-2H3,(H,38,44). The van der Waals surface area contributed by atoms with Gasteiger partial charge in [0.25, 0.3) is 0 Å². The molecule has 0 spiro atoms. The van der Waals surface area contributed by atoms with E-state index in [0.717, 1.165) is 51.2 Å². The fourth-order valence-electron chi connectivity index (χ4n) is 6.64. The van der Waals surface area contributed by atoms with Crippen LogP contribution in [0.5, 0.6) is 11.5 Å². The van der Waals surface area contributed by atoms with Gasteiger partial charge in [-0.1, -0.05) is 77.6 Å². The summed E-state index contributed by atoms with van der Waals surface area (Å²) in [6.45, 7) is 2.67. The first-order valence-corrected chi connectivity index (χ1v) is 18.5. The summed E-state index contributed by atoms with van der Waals surface area (Å²) in [4.78, 5) is 40.5. The van der Waals surface area contributed by atoms with Crippen molar-refractivity contribution in [2.45, 2.75) is 128 Å². The number of nitrogens with one attached hydrogen (secondary N) is 1. The average molecular weight is 755 g/mol. The van der Waals surface area contributed by atoms with Gasteiger partial charge in [-0.05, 0) is 66.0 Å². The Balaban J connectivity index is 1.82. The lowest BCUT2D eigenvalue weighted by molar-refractivity contribution is -0.140. The largest absolute Gasteiger partial charge is 0.493 e. The summed E-state index contributed by atoms with van der Waals surface area (Å²) >= 11 is 2.06. The first kappa shape index (κ1) is 38.3. The summed E-state index contributed by atoms with van der Waals surface area (Å²) in [7, 11) is 1.48. The molecule has 0 aromatic heterocycles. The maximum atomic E-state index is 14.0. The fraction of sp³-hybridized carbons (Fsp3) is 0.694. The second kappa shape index (κ2) is 20.9. The van der Waals surface area contributed by atoms with E-state index >= 15 is 0 Å². The number of halogens is 1. The van der Waals surface area contributed by atoms with Crippen molar-refractivity contribution < 1.29 is 34.1 Å². The molecule has 3 N–H and O–H groups in total. The molecule has 1 fully saturated rings. The number of aliphatic hydroxyl groups is 2. The van der Waals surface area contributed by atoms with Crippen LogP contribution in [-0.2, 0) is 9.59 Å². The number of aliphatic hydroxyl groups excluding tert-OH is 2. The number of carbonyl (C=O) groups is 3. The number of amides is 2. The zero-order chi connectivity index (χ0) is 33.3. The SMILES string of the molecule is CCCCCCCCCCCC(=O)N(CC1CCCCC1)C1CC(C(=O)NCCO)=CC(Oc2c(I)cc(C=O)cc2OC)C1O. The van der Waals surface area contributed by atoms with Crippen LogP contribution in [0.15, 0.2) is 23.8 Å². The first-order valence-electron chi connectivity index (χ1n) is 17.4. The Hall–Kier alpha value is -2.18. The summed E-state index contributed by atoms with van der Waals surface area (Å²) in [6.07, 6.45) is 16.9. The van der Waals surface area contributed by atoms with Crippen molar-refractivity contribution in [2.24, 2.45) is 5.92 Å². The van der Waals surface area contributed by atoms with Crippen molar-refractivity contribution in [1.29, 1.82) is 0 Å². The fourth-order valence-corrected chi connectivity index (χ4v) is 7.39. The number of benzene rings is 1. The van der Waals surface area contributed by atoms with Crippen LogP contribution < -0.4 is 14.8 Å². The van der Waals surface area contributed by atoms with Crippen LogP contribution in [0.25, 0.3) is 0 Å². The minimum Gasteiger partial charge on any atom is -0.493 e. The van der Waals surface area contributed by atoms with E-state index in [1.807, 2.05) is 4.90 Å². The predicted molar refractivity (Wildman–Crippen MR) is 188 cm³/mol. The molecule has 3 atom stereocenters. The van der Waals surface area contributed by atoms with Crippen molar-refractivity contribution in [3.05, 3.63) is 32.9 Å². The highest BCUT2D eigenvalue weighted by Crippen LogP contribution is 2.37. The monoisotopic (exact) mass is 754 g/mol. The van der Waals surface area contributed by atoms with Crippen molar-refractivity contribution in [3.8, 4) is 11.5 Å². The Morgan fingerprint density at radius 2 is 1.72 bits per heavy atom. The van der Waals surface area contributed by atoms with Crippen molar-refractivity contribution in [1.82, 2.24) is 10.2 Å². The quantitative estimate of drug-likeness (QED) is 0.0805. The van der Waals surface area contributed by atoms with Crippen molar-refractivity contribution in [2.75, 3.05) is 26.8 Å². The molecule has 46 heavy (non-hydrogen) atoms. The maximum absolute atomic E-state index is 14.0. The lowest BCUT2D eigenvalue weighted by Crippen LogP contribution is -2.56. The molecule has 9 nitrogen and oxygen atoms in total. The van der Waals surface area contributed by atoms with E-state index in [4.69, 9.17) is 9.47 Å². The second-order valence-corrected chi connectivity index (χ2v) is 14.0. The number of nitrogens with zero attached hydrogens (tertiary/aromatic N) is 1. The number of hydrogen-bond donors (Lipinski definition) is 3. The Bertz CT molecular complexity index is 1140. The van der Waals surface area contributed by atoms with Gasteiger partial charge in [0.15, 0.2) is 11.5 Å². The molecule has 0 saturated heterocycles. The molecule has 2 amide bonds. The van der Waals surface area contributed by atoms with Gasteiger partial charge >= 0.3 is 0 Å². The molecule has 0 bridgehead atoms. The van der Waals surface area contributed by atoms with Crippen LogP contribution in [0, 0.1) is 9.49 Å². The molecule has 0 heterocycles. The van der Waals surface area contributed by atoms with E-state index in [0.29, 0.717) is 45.1 Å². The number of rotatable bonds is 20. The van der Waals surface area contributed by atoms with Gasteiger partial charge in [0, 0.05) is 37.1 Å². The molecule has 10 heteroatoms. The maximum Gasteiger partial charge on any atom is 0.247 e. The molecule has 1 aromatic carbocycles. The number of methoxy groups -OCH3 is 1. The van der Waals surface area contributed by atoms with Gasteiger partial charge < -0.3 is 29.9 Å². The second-order valence-electron chi connectivity index (χ2n) is 12.8. The zero-order valence-corrected chi connectivity index (χ0v) is 30.0. The Morgan fingerprint density at radius 1 is 1.04 bits per heavy atom. The van der Waals surface area contributed by atoms with Gasteiger partial charge in [-0.15, -0.1) is 0 Å². The molecule has 258 valence electrons. The van der Waals surface area contributed by atoms with Crippen LogP contribution in [0.4, 0.5) is 0 Å². The number of carbonyl (C=O) groups excluding carboxylic acids is 3. The molecule has 0 aliphatic heterocycles. The van der Waals surface area contributed by atoms with Gasteiger partial charge in [-0.3, -0.25) is 14.4 Å². The summed E-state index contributed by atoms with van der Waals surface area (Å²) in [5, 5.41) is 23.9. The number of unbranched alkanes of at least 4 members (excludes halogenated alkanes) is 8. The minimum absolute atomic E-state index is 0.0100. The smallest absolute Gasteiger partial charge is 0.247 e. The Labute approximate surface area is 289 Å². The normalized spacial score (nSPS) is 20.1. The first-order chi connectivity index (χ1) is 22.3. The molecule has 1 saturated carbocycles. The Kier molecular flexibility index (Phi) is 17.4. The lowest BCUT2D eigenvalue weighted by Gasteiger charge is -2.42. The summed E-state index contributed by atoms with van der Waals surface area (Å²) in [5.41, 5.74) is 0.827. The Morgan fingerprint density at radius 3 is 2.35 bits per heavy atom. The van der Waals surface area contributed by atoms with Crippen molar-refractivity contribution in [3.63, 3.8) is 0 Å². The van der Waals surface area contributed by atoms with Gasteiger partial charge in [0.2, 0.25) is 11.8 Å². The number of hydrogen-bond acceptors (Lipinski definition) is 7. The highest BCUT2D eigenvalue weighted by Gasteiger charge is 2.41. The number of ether oxygens (including phenoxy) is 2. The van der Waals surface area contributed by atoms with E-state index in [1.54, 1.807) is 18.2 Å². The van der Waals surface area contributed by atoms with Crippen LogP contribution in [0.2, 0.25) is 0 Å². The van der Waals surface area contributed by atoms with Gasteiger partial charge in [-0.2, -0.15) is 0 Å². The van der Waals surface area contributed by atoms with Crippen LogP contribution in [-0.4, -0.2) is 78.3 Å². The molecule has 3 rings (SSSR count). The van der Waals surface area contributed by atoms with Crippen LogP contribution in [0.3, 0.4) is 0 Å². The lowest BCUT2D eigenvalue weighted by atomic mass is 9.85. The molecular formula is C36H55IN2O7. The highest BCUT2D eigenvalue weighted by molar-refractivity contribution is 14.1. The van der Waals surface area contributed by atoms with Crippen LogP contribution in [0.1, 0.15) is 120 Å². The van der Waals surface area contributed by atoms with Gasteiger partial charge in [-0.25, -0.2) is 0 Å². The highest BCUT2D eigenvalue weighted by atomic mass is 127. The van der Waals surface area contributed by atoms with E-state index in [1.165, 1.54) is 52.1 Å². The number of aldehydes is 1. The molecule has 2 aliphatic rings. The van der Waals surface area contributed by atoms with E-state index < -0.39 is 18.2 Å². The molecule has 1 aromatic rings. The van der Waals surface area contributed by atoms with Gasteiger partial charge in [0.1, 0.15) is 18.5 Å². The van der Waals surface area contributed by atoms with E-state index in [2.05, 4.69) is 34.8 Å².